The van der Waals surface area contributed by atoms with Crippen molar-refractivity contribution in [3.63, 3.8) is 0 Å². The zero-order chi connectivity index (χ0) is 13.3. The lowest BCUT2D eigenvalue weighted by atomic mass is 10.1. The molecule has 0 unspecified atom stereocenters. The lowest BCUT2D eigenvalue weighted by Crippen LogP contribution is -2.04. The van der Waals surface area contributed by atoms with Gasteiger partial charge in [0.05, 0.1) is 12.8 Å². The van der Waals surface area contributed by atoms with E-state index in [4.69, 9.17) is 9.84 Å². The van der Waals surface area contributed by atoms with Crippen molar-refractivity contribution in [2.75, 3.05) is 7.11 Å². The standard InChI is InChI=1S/C12H11FN2O3/c1-15-6-9(14-11(15)12(16)17)7-3-4-10(18-2)8(13)5-7/h3-6H,1-2H3,(H,16,17). The number of imidazole rings is 1. The lowest BCUT2D eigenvalue weighted by Gasteiger charge is -2.02. The number of hydrogen-bond donors (Lipinski definition) is 1. The quantitative estimate of drug-likeness (QED) is 0.904. The van der Waals surface area contributed by atoms with E-state index in [2.05, 4.69) is 4.98 Å². The Labute approximate surface area is 102 Å². The minimum absolute atomic E-state index is 0.0961. The summed E-state index contributed by atoms with van der Waals surface area (Å²) in [4.78, 5) is 14.8. The molecule has 2 rings (SSSR count). The fraction of sp³-hybridized carbons (Fsp3) is 0.167. The van der Waals surface area contributed by atoms with Crippen LogP contribution in [0.1, 0.15) is 10.6 Å². The monoisotopic (exact) mass is 250 g/mol. The van der Waals surface area contributed by atoms with E-state index < -0.39 is 11.8 Å². The highest BCUT2D eigenvalue weighted by Crippen LogP contribution is 2.24. The Bertz CT molecular complexity index is 607. The molecule has 2 aromatic rings. The van der Waals surface area contributed by atoms with Crippen molar-refractivity contribution in [3.8, 4) is 17.0 Å². The predicted molar refractivity (Wildman–Crippen MR) is 62.1 cm³/mol. The van der Waals surface area contributed by atoms with E-state index >= 15 is 0 Å². The second kappa shape index (κ2) is 4.48. The molecule has 0 amide bonds. The highest BCUT2D eigenvalue weighted by atomic mass is 19.1. The summed E-state index contributed by atoms with van der Waals surface area (Å²) in [6.45, 7) is 0. The van der Waals surface area contributed by atoms with Gasteiger partial charge in [0.1, 0.15) is 0 Å². The maximum atomic E-state index is 13.5. The molecule has 1 aromatic carbocycles. The molecule has 0 aliphatic rings. The fourth-order valence-corrected chi connectivity index (χ4v) is 1.63. The van der Waals surface area contributed by atoms with Gasteiger partial charge < -0.3 is 14.4 Å². The molecule has 0 aliphatic heterocycles. The maximum Gasteiger partial charge on any atom is 0.372 e. The van der Waals surface area contributed by atoms with Crippen molar-refractivity contribution in [2.24, 2.45) is 7.05 Å². The van der Waals surface area contributed by atoms with Gasteiger partial charge in [0.15, 0.2) is 11.6 Å². The van der Waals surface area contributed by atoms with Crippen LogP contribution in [0.3, 0.4) is 0 Å². The van der Waals surface area contributed by atoms with Crippen LogP contribution in [0.5, 0.6) is 5.75 Å². The van der Waals surface area contributed by atoms with Gasteiger partial charge in [-0.1, -0.05) is 0 Å². The number of aryl methyl sites for hydroxylation is 1. The molecule has 6 heteroatoms. The first-order valence-electron chi connectivity index (χ1n) is 5.13. The third kappa shape index (κ3) is 2.04. The van der Waals surface area contributed by atoms with Crippen molar-refractivity contribution >= 4 is 5.97 Å². The first-order valence-corrected chi connectivity index (χ1v) is 5.13. The number of nitrogens with zero attached hydrogens (tertiary/aromatic N) is 2. The number of ether oxygens (including phenoxy) is 1. The normalized spacial score (nSPS) is 10.4. The Morgan fingerprint density at radius 1 is 1.50 bits per heavy atom. The van der Waals surface area contributed by atoms with Crippen molar-refractivity contribution in [3.05, 3.63) is 36.0 Å². The number of rotatable bonds is 3. The van der Waals surface area contributed by atoms with Crippen molar-refractivity contribution in [1.82, 2.24) is 9.55 Å². The molecule has 0 fully saturated rings. The number of benzene rings is 1. The number of hydrogen-bond acceptors (Lipinski definition) is 3. The summed E-state index contributed by atoms with van der Waals surface area (Å²) in [7, 11) is 2.95. The van der Waals surface area contributed by atoms with Gasteiger partial charge in [-0.15, -0.1) is 0 Å². The third-order valence-electron chi connectivity index (χ3n) is 2.52. The Balaban J connectivity index is 2.46. The summed E-state index contributed by atoms with van der Waals surface area (Å²) in [5.41, 5.74) is 0.896. The van der Waals surface area contributed by atoms with Crippen LogP contribution in [0.25, 0.3) is 11.3 Å². The van der Waals surface area contributed by atoms with E-state index in [9.17, 15) is 9.18 Å². The first kappa shape index (κ1) is 12.1. The SMILES string of the molecule is COc1ccc(-c2cn(C)c(C(=O)O)n2)cc1F. The van der Waals surface area contributed by atoms with Crippen LogP contribution in [-0.4, -0.2) is 27.7 Å². The van der Waals surface area contributed by atoms with Gasteiger partial charge in [-0.25, -0.2) is 14.2 Å². The van der Waals surface area contributed by atoms with Crippen LogP contribution in [0.4, 0.5) is 4.39 Å². The predicted octanol–water partition coefficient (Wildman–Crippen LogP) is 1.93. The number of aromatic nitrogens is 2. The fourth-order valence-electron chi connectivity index (χ4n) is 1.63. The molecule has 1 N–H and O–H groups in total. The van der Waals surface area contributed by atoms with E-state index in [0.29, 0.717) is 11.3 Å². The molecule has 5 nitrogen and oxygen atoms in total. The van der Waals surface area contributed by atoms with E-state index in [1.807, 2.05) is 0 Å². The van der Waals surface area contributed by atoms with Gasteiger partial charge >= 0.3 is 5.97 Å². The summed E-state index contributed by atoms with van der Waals surface area (Å²) in [5, 5.41) is 8.89. The van der Waals surface area contributed by atoms with E-state index in [0.717, 1.165) is 0 Å². The van der Waals surface area contributed by atoms with Gasteiger partial charge in [0, 0.05) is 18.8 Å². The van der Waals surface area contributed by atoms with E-state index in [-0.39, 0.29) is 11.6 Å². The van der Waals surface area contributed by atoms with Crippen LogP contribution in [0, 0.1) is 5.82 Å². The number of carboxylic acids is 1. The molecular formula is C12H11FN2O3. The third-order valence-corrected chi connectivity index (χ3v) is 2.52. The van der Waals surface area contributed by atoms with Gasteiger partial charge in [-0.05, 0) is 18.2 Å². The lowest BCUT2D eigenvalue weighted by molar-refractivity contribution is 0.0680. The Hall–Kier alpha value is -2.37. The molecule has 0 radical (unpaired) electrons. The van der Waals surface area contributed by atoms with Crippen LogP contribution in [0.2, 0.25) is 0 Å². The first-order chi connectivity index (χ1) is 8.52. The summed E-state index contributed by atoms with van der Waals surface area (Å²) >= 11 is 0. The Morgan fingerprint density at radius 2 is 2.22 bits per heavy atom. The highest BCUT2D eigenvalue weighted by Gasteiger charge is 2.14. The smallest absolute Gasteiger partial charge is 0.372 e. The molecule has 0 saturated heterocycles. The van der Waals surface area contributed by atoms with E-state index in [1.54, 1.807) is 13.1 Å². The summed E-state index contributed by atoms with van der Waals surface area (Å²) < 4.78 is 19.7. The summed E-state index contributed by atoms with van der Waals surface area (Å²) in [6, 6.07) is 4.35. The van der Waals surface area contributed by atoms with Crippen molar-refractivity contribution < 1.29 is 19.0 Å². The minimum atomic E-state index is -1.13. The van der Waals surface area contributed by atoms with Crippen molar-refractivity contribution in [2.45, 2.75) is 0 Å². The van der Waals surface area contributed by atoms with Crippen molar-refractivity contribution in [1.29, 1.82) is 0 Å². The largest absolute Gasteiger partial charge is 0.494 e. The number of methoxy groups -OCH3 is 1. The highest BCUT2D eigenvalue weighted by molar-refractivity contribution is 5.84. The number of halogens is 1. The van der Waals surface area contributed by atoms with Gasteiger partial charge in [0.25, 0.3) is 0 Å². The number of carboxylic acid groups (broad SMARTS) is 1. The second-order valence-electron chi connectivity index (χ2n) is 3.72. The van der Waals surface area contributed by atoms with Gasteiger partial charge in [0.2, 0.25) is 5.82 Å². The molecule has 18 heavy (non-hydrogen) atoms. The number of carbonyl (C=O) groups is 1. The maximum absolute atomic E-state index is 13.5. The second-order valence-corrected chi connectivity index (χ2v) is 3.72. The van der Waals surface area contributed by atoms with Crippen LogP contribution < -0.4 is 4.74 Å². The molecule has 0 spiro atoms. The van der Waals surface area contributed by atoms with Crippen LogP contribution in [-0.2, 0) is 7.05 Å². The average molecular weight is 250 g/mol. The van der Waals surface area contributed by atoms with Gasteiger partial charge in [-0.2, -0.15) is 0 Å². The van der Waals surface area contributed by atoms with E-state index in [1.165, 1.54) is 30.0 Å². The Kier molecular flexibility index (Phi) is 3.01. The molecular weight excluding hydrogens is 239 g/mol. The zero-order valence-electron chi connectivity index (χ0n) is 9.85. The molecule has 0 saturated carbocycles. The van der Waals surface area contributed by atoms with Gasteiger partial charge in [-0.3, -0.25) is 0 Å². The summed E-state index contributed by atoms with van der Waals surface area (Å²) in [5.74, 6) is -1.61. The summed E-state index contributed by atoms with van der Waals surface area (Å²) in [6.07, 6.45) is 1.53. The Morgan fingerprint density at radius 3 is 2.72 bits per heavy atom. The molecule has 0 atom stereocenters. The molecule has 94 valence electrons. The molecule has 1 heterocycles. The topological polar surface area (TPSA) is 64.3 Å². The molecule has 0 bridgehead atoms. The zero-order valence-corrected chi connectivity index (χ0v) is 9.85. The number of aromatic carboxylic acids is 1. The van der Waals surface area contributed by atoms with Crippen LogP contribution in [0.15, 0.2) is 24.4 Å². The minimum Gasteiger partial charge on any atom is -0.494 e. The van der Waals surface area contributed by atoms with Crippen LogP contribution >= 0.6 is 0 Å². The molecule has 0 aliphatic carbocycles. The molecule has 1 aromatic heterocycles. The average Bonchev–Trinajstić information content (AvgIpc) is 2.71.